The summed E-state index contributed by atoms with van der Waals surface area (Å²) in [6, 6.07) is 12.0. The summed E-state index contributed by atoms with van der Waals surface area (Å²) in [7, 11) is 3.02. The highest BCUT2D eigenvalue weighted by atomic mass is 79.9. The van der Waals surface area contributed by atoms with E-state index in [1.165, 1.54) is 19.1 Å². The van der Waals surface area contributed by atoms with Crippen molar-refractivity contribution in [2.75, 3.05) is 32.6 Å². The number of likely N-dealkylation sites (N-methyl/N-ethyl adjacent to an activating group) is 1. The van der Waals surface area contributed by atoms with Crippen LogP contribution in [0.5, 0.6) is 11.5 Å². The van der Waals surface area contributed by atoms with Gasteiger partial charge in [0.25, 0.3) is 5.91 Å². The minimum atomic E-state index is -0.370. The van der Waals surface area contributed by atoms with Gasteiger partial charge in [-0.15, -0.1) is 0 Å². The van der Waals surface area contributed by atoms with Crippen LogP contribution in [0, 0.1) is 0 Å². The summed E-state index contributed by atoms with van der Waals surface area (Å²) in [5.41, 5.74) is 0.442. The second-order valence-electron chi connectivity index (χ2n) is 5.39. The zero-order valence-corrected chi connectivity index (χ0v) is 16.6. The Balaban J connectivity index is 1.87. The van der Waals surface area contributed by atoms with E-state index in [2.05, 4.69) is 21.2 Å². The molecule has 0 spiro atoms. The number of nitrogens with one attached hydrogen (secondary N) is 1. The van der Waals surface area contributed by atoms with Crippen molar-refractivity contribution in [1.82, 2.24) is 4.90 Å². The zero-order chi connectivity index (χ0) is 19.1. The topological polar surface area (TPSA) is 67.9 Å². The molecule has 8 heteroatoms. The highest BCUT2D eigenvalue weighted by Gasteiger charge is 2.15. The molecular weight excluding hydrogens is 424 g/mol. The van der Waals surface area contributed by atoms with Gasteiger partial charge in [0.15, 0.2) is 6.61 Å². The largest absolute Gasteiger partial charge is 0.495 e. The molecule has 2 aromatic carbocycles. The molecule has 0 atom stereocenters. The molecule has 0 aliphatic heterocycles. The Morgan fingerprint density at radius 2 is 1.88 bits per heavy atom. The van der Waals surface area contributed by atoms with Crippen LogP contribution in [0.2, 0.25) is 5.02 Å². The molecule has 6 nitrogen and oxygen atoms in total. The van der Waals surface area contributed by atoms with Crippen LogP contribution in [0.4, 0.5) is 5.69 Å². The average molecular weight is 442 g/mol. The van der Waals surface area contributed by atoms with E-state index in [9.17, 15) is 9.59 Å². The van der Waals surface area contributed by atoms with Crippen molar-refractivity contribution in [3.63, 3.8) is 0 Å². The fraction of sp³-hybridized carbons (Fsp3) is 0.222. The summed E-state index contributed by atoms with van der Waals surface area (Å²) < 4.78 is 11.5. The number of benzene rings is 2. The van der Waals surface area contributed by atoms with E-state index >= 15 is 0 Å². The number of carbonyl (C=O) groups excluding carboxylic acids is 2. The molecule has 0 aliphatic rings. The van der Waals surface area contributed by atoms with Crippen molar-refractivity contribution >= 4 is 45.0 Å². The predicted molar refractivity (Wildman–Crippen MR) is 104 cm³/mol. The van der Waals surface area contributed by atoms with E-state index in [0.29, 0.717) is 22.2 Å². The molecule has 0 saturated carbocycles. The highest BCUT2D eigenvalue weighted by Crippen LogP contribution is 2.27. The first-order chi connectivity index (χ1) is 12.4. The zero-order valence-electron chi connectivity index (χ0n) is 14.3. The van der Waals surface area contributed by atoms with E-state index in [-0.39, 0.29) is 25.0 Å². The van der Waals surface area contributed by atoms with E-state index in [1.807, 2.05) is 12.1 Å². The van der Waals surface area contributed by atoms with Gasteiger partial charge >= 0.3 is 0 Å². The molecule has 0 fully saturated rings. The third-order valence-electron chi connectivity index (χ3n) is 3.42. The summed E-state index contributed by atoms with van der Waals surface area (Å²) in [6.45, 7) is -0.288. The standard InChI is InChI=1S/C18H18BrClN2O4/c1-22(18(24)11-26-14-6-3-12(19)4-7-14)10-17(23)21-15-9-13(20)5-8-16(15)25-2/h3-9H,10-11H2,1-2H3,(H,21,23). The Bertz CT molecular complexity index is 783. The Morgan fingerprint density at radius 1 is 1.19 bits per heavy atom. The van der Waals surface area contributed by atoms with Crippen LogP contribution in [0.3, 0.4) is 0 Å². The van der Waals surface area contributed by atoms with Gasteiger partial charge in [0.1, 0.15) is 11.5 Å². The number of hydrogen-bond donors (Lipinski definition) is 1. The minimum absolute atomic E-state index is 0.127. The minimum Gasteiger partial charge on any atom is -0.495 e. The Kier molecular flexibility index (Phi) is 7.29. The molecule has 0 aliphatic carbocycles. The summed E-state index contributed by atoms with van der Waals surface area (Å²) >= 11 is 9.26. The van der Waals surface area contributed by atoms with Crippen molar-refractivity contribution in [2.24, 2.45) is 0 Å². The van der Waals surface area contributed by atoms with Crippen molar-refractivity contribution in [3.05, 3.63) is 52.0 Å². The SMILES string of the molecule is COc1ccc(Cl)cc1NC(=O)CN(C)C(=O)COc1ccc(Br)cc1. The second-order valence-corrected chi connectivity index (χ2v) is 6.74. The van der Waals surface area contributed by atoms with Crippen LogP contribution < -0.4 is 14.8 Å². The normalized spacial score (nSPS) is 10.2. The number of rotatable bonds is 7. The van der Waals surface area contributed by atoms with Gasteiger partial charge in [-0.3, -0.25) is 9.59 Å². The fourth-order valence-electron chi connectivity index (χ4n) is 2.06. The van der Waals surface area contributed by atoms with Crippen molar-refractivity contribution in [3.8, 4) is 11.5 Å². The summed E-state index contributed by atoms with van der Waals surface area (Å²) in [5.74, 6) is 0.365. The van der Waals surface area contributed by atoms with Gasteiger partial charge < -0.3 is 19.7 Å². The first-order valence-corrected chi connectivity index (χ1v) is 8.82. The lowest BCUT2D eigenvalue weighted by Gasteiger charge is -2.18. The molecule has 2 amide bonds. The van der Waals surface area contributed by atoms with E-state index in [4.69, 9.17) is 21.1 Å². The number of halogens is 2. The molecule has 0 aromatic heterocycles. The molecule has 2 rings (SSSR count). The van der Waals surface area contributed by atoms with Crippen molar-refractivity contribution in [1.29, 1.82) is 0 Å². The molecule has 1 N–H and O–H groups in total. The van der Waals surface area contributed by atoms with Crippen LogP contribution in [-0.4, -0.2) is 44.0 Å². The maximum atomic E-state index is 12.2. The summed E-state index contributed by atoms with van der Waals surface area (Å²) in [4.78, 5) is 25.6. The van der Waals surface area contributed by atoms with Crippen LogP contribution in [0.25, 0.3) is 0 Å². The van der Waals surface area contributed by atoms with E-state index in [1.54, 1.807) is 30.3 Å². The lowest BCUT2D eigenvalue weighted by atomic mass is 10.3. The van der Waals surface area contributed by atoms with E-state index in [0.717, 1.165) is 4.47 Å². The highest BCUT2D eigenvalue weighted by molar-refractivity contribution is 9.10. The van der Waals surface area contributed by atoms with Crippen molar-refractivity contribution in [2.45, 2.75) is 0 Å². The van der Waals surface area contributed by atoms with Crippen LogP contribution >= 0.6 is 27.5 Å². The molecule has 26 heavy (non-hydrogen) atoms. The van der Waals surface area contributed by atoms with E-state index < -0.39 is 0 Å². The number of carbonyl (C=O) groups is 2. The quantitative estimate of drug-likeness (QED) is 0.713. The number of hydrogen-bond acceptors (Lipinski definition) is 4. The summed E-state index contributed by atoms with van der Waals surface area (Å²) in [6.07, 6.45) is 0. The fourth-order valence-corrected chi connectivity index (χ4v) is 2.49. The van der Waals surface area contributed by atoms with Crippen LogP contribution in [-0.2, 0) is 9.59 Å². The van der Waals surface area contributed by atoms with Gasteiger partial charge in [-0.05, 0) is 42.5 Å². The second kappa shape index (κ2) is 9.45. The molecule has 0 heterocycles. The smallest absolute Gasteiger partial charge is 0.260 e. The van der Waals surface area contributed by atoms with Gasteiger partial charge in [-0.25, -0.2) is 0 Å². The maximum absolute atomic E-state index is 12.2. The molecule has 0 radical (unpaired) electrons. The lowest BCUT2D eigenvalue weighted by molar-refractivity contribution is -0.135. The molecule has 0 bridgehead atoms. The summed E-state index contributed by atoms with van der Waals surface area (Å²) in [5, 5.41) is 3.15. The Labute approximate surface area is 165 Å². The van der Waals surface area contributed by atoms with Gasteiger partial charge in [-0.1, -0.05) is 27.5 Å². The number of amides is 2. The maximum Gasteiger partial charge on any atom is 0.260 e. The van der Waals surface area contributed by atoms with Gasteiger partial charge in [0, 0.05) is 16.5 Å². The van der Waals surface area contributed by atoms with Gasteiger partial charge in [0.2, 0.25) is 5.91 Å². The molecule has 0 unspecified atom stereocenters. The predicted octanol–water partition coefficient (Wildman–Crippen LogP) is 3.59. The lowest BCUT2D eigenvalue weighted by Crippen LogP contribution is -2.37. The molecule has 138 valence electrons. The third kappa shape index (κ3) is 5.93. The van der Waals surface area contributed by atoms with Crippen molar-refractivity contribution < 1.29 is 19.1 Å². The Hall–Kier alpha value is -2.25. The van der Waals surface area contributed by atoms with Gasteiger partial charge in [-0.2, -0.15) is 0 Å². The first kappa shape index (κ1) is 20.1. The monoisotopic (exact) mass is 440 g/mol. The Morgan fingerprint density at radius 3 is 2.54 bits per heavy atom. The molecule has 2 aromatic rings. The first-order valence-electron chi connectivity index (χ1n) is 7.64. The number of nitrogens with zero attached hydrogens (tertiary/aromatic N) is 1. The number of anilines is 1. The number of ether oxygens (including phenoxy) is 2. The average Bonchev–Trinajstić information content (AvgIpc) is 2.61. The van der Waals surface area contributed by atoms with Crippen LogP contribution in [0.15, 0.2) is 46.9 Å². The number of methoxy groups -OCH3 is 1. The van der Waals surface area contributed by atoms with Gasteiger partial charge in [0.05, 0.1) is 19.3 Å². The molecular formula is C18H18BrClN2O4. The third-order valence-corrected chi connectivity index (χ3v) is 4.18. The molecule has 0 saturated heterocycles. The van der Waals surface area contributed by atoms with Crippen LogP contribution in [0.1, 0.15) is 0 Å².